The molecule has 1 aliphatic heterocycles. The Kier molecular flexibility index (Phi) is 5.30. The second kappa shape index (κ2) is 7.62. The molecule has 0 bridgehead atoms. The molecule has 1 aromatic heterocycles. The lowest BCUT2D eigenvalue weighted by atomic mass is 10.2. The number of morpholine rings is 1. The van der Waals surface area contributed by atoms with E-state index in [1.165, 1.54) is 4.57 Å². The normalized spacial score (nSPS) is 16.7. The molecule has 1 unspecified atom stereocenters. The summed E-state index contributed by atoms with van der Waals surface area (Å²) in [6.45, 7) is 5.65. The van der Waals surface area contributed by atoms with E-state index in [2.05, 4.69) is 15.2 Å². The predicted molar refractivity (Wildman–Crippen MR) is 93.7 cm³/mol. The molecule has 0 radical (unpaired) electrons. The molecule has 0 saturated carbocycles. The van der Waals surface area contributed by atoms with Gasteiger partial charge in [-0.05, 0) is 19.1 Å². The monoisotopic (exact) mass is 346 g/mol. The highest BCUT2D eigenvalue weighted by Gasteiger charge is 2.16. The van der Waals surface area contributed by atoms with Crippen LogP contribution in [-0.4, -0.2) is 59.2 Å². The second-order valence-electron chi connectivity index (χ2n) is 6.24. The van der Waals surface area contributed by atoms with Gasteiger partial charge in [-0.15, -0.1) is 0 Å². The number of rotatable bonds is 5. The Hall–Kier alpha value is -2.45. The summed E-state index contributed by atoms with van der Waals surface area (Å²) >= 11 is 0. The minimum absolute atomic E-state index is 0.0460. The molecule has 1 fully saturated rings. The zero-order valence-electron chi connectivity index (χ0n) is 14.2. The summed E-state index contributed by atoms with van der Waals surface area (Å²) in [5.41, 5.74) is -0.579. The first kappa shape index (κ1) is 17.4. The predicted octanol–water partition coefficient (Wildman–Crippen LogP) is -0.473. The van der Waals surface area contributed by atoms with Gasteiger partial charge in [-0.1, -0.05) is 12.1 Å². The van der Waals surface area contributed by atoms with E-state index >= 15 is 0 Å². The molecule has 1 saturated heterocycles. The Labute approximate surface area is 144 Å². The number of fused-ring (bicyclic) bond motifs is 1. The minimum atomic E-state index is -0.584. The summed E-state index contributed by atoms with van der Waals surface area (Å²) in [5, 5.41) is 3.29. The molecule has 3 rings (SSSR count). The second-order valence-corrected chi connectivity index (χ2v) is 6.24. The van der Waals surface area contributed by atoms with Gasteiger partial charge in [0.1, 0.15) is 6.54 Å². The van der Waals surface area contributed by atoms with Crippen LogP contribution in [0.25, 0.3) is 10.9 Å². The molecule has 2 heterocycles. The van der Waals surface area contributed by atoms with Crippen molar-refractivity contribution >= 4 is 16.8 Å². The third-order valence-electron chi connectivity index (χ3n) is 4.25. The first-order chi connectivity index (χ1) is 12.0. The summed E-state index contributed by atoms with van der Waals surface area (Å²) in [4.78, 5) is 40.8. The molecular formula is C17H22N4O4. The topological polar surface area (TPSA) is 96.4 Å². The maximum atomic E-state index is 12.3. The van der Waals surface area contributed by atoms with E-state index in [0.29, 0.717) is 24.1 Å². The zero-order chi connectivity index (χ0) is 17.8. The summed E-state index contributed by atoms with van der Waals surface area (Å²) < 4.78 is 6.59. The quantitative estimate of drug-likeness (QED) is 0.763. The van der Waals surface area contributed by atoms with Gasteiger partial charge in [0.2, 0.25) is 5.91 Å². The fraction of sp³-hybridized carbons (Fsp3) is 0.471. The number of benzene rings is 1. The third-order valence-corrected chi connectivity index (χ3v) is 4.25. The van der Waals surface area contributed by atoms with E-state index < -0.39 is 11.2 Å². The average molecular weight is 346 g/mol. The van der Waals surface area contributed by atoms with E-state index in [-0.39, 0.29) is 18.5 Å². The largest absolute Gasteiger partial charge is 0.379 e. The number of H-pyrrole nitrogens is 1. The lowest BCUT2D eigenvalue weighted by molar-refractivity contribution is -0.122. The van der Waals surface area contributed by atoms with E-state index in [4.69, 9.17) is 4.74 Å². The van der Waals surface area contributed by atoms with Crippen LogP contribution in [0.5, 0.6) is 0 Å². The maximum absolute atomic E-state index is 12.3. The van der Waals surface area contributed by atoms with Crippen molar-refractivity contribution in [2.24, 2.45) is 0 Å². The van der Waals surface area contributed by atoms with Crippen molar-refractivity contribution in [2.75, 3.05) is 32.8 Å². The van der Waals surface area contributed by atoms with Gasteiger partial charge in [-0.2, -0.15) is 0 Å². The van der Waals surface area contributed by atoms with Gasteiger partial charge < -0.3 is 10.1 Å². The Morgan fingerprint density at radius 1 is 1.28 bits per heavy atom. The van der Waals surface area contributed by atoms with Crippen LogP contribution >= 0.6 is 0 Å². The summed E-state index contributed by atoms with van der Waals surface area (Å²) in [6.07, 6.45) is 0. The number of carbonyl (C=O) groups is 1. The van der Waals surface area contributed by atoms with Crippen LogP contribution < -0.4 is 16.6 Å². The summed E-state index contributed by atoms with van der Waals surface area (Å²) in [6, 6.07) is 6.70. The van der Waals surface area contributed by atoms with Crippen LogP contribution in [0.15, 0.2) is 33.9 Å². The van der Waals surface area contributed by atoms with E-state index in [1.54, 1.807) is 24.3 Å². The zero-order valence-corrected chi connectivity index (χ0v) is 14.2. The Morgan fingerprint density at radius 2 is 2.00 bits per heavy atom. The van der Waals surface area contributed by atoms with E-state index in [9.17, 15) is 14.4 Å². The number of aromatic amines is 1. The Morgan fingerprint density at radius 3 is 2.76 bits per heavy atom. The van der Waals surface area contributed by atoms with E-state index in [0.717, 1.165) is 19.6 Å². The number of hydrogen-bond donors (Lipinski definition) is 2. The van der Waals surface area contributed by atoms with Crippen molar-refractivity contribution in [3.05, 3.63) is 45.1 Å². The highest BCUT2D eigenvalue weighted by Crippen LogP contribution is 2.06. The fourth-order valence-corrected chi connectivity index (χ4v) is 3.08. The van der Waals surface area contributed by atoms with Crippen LogP contribution in [0.3, 0.4) is 0 Å². The smallest absolute Gasteiger partial charge is 0.329 e. The number of aromatic nitrogens is 2. The number of nitrogens with one attached hydrogen (secondary N) is 2. The number of hydrogen-bond acceptors (Lipinski definition) is 5. The van der Waals surface area contributed by atoms with Gasteiger partial charge in [-0.25, -0.2) is 4.79 Å². The van der Waals surface area contributed by atoms with Crippen LogP contribution in [0.4, 0.5) is 0 Å². The SMILES string of the molecule is CC(CN1CCOCC1)NC(=O)Cn1c(=O)[nH]c(=O)c2ccccc21. The fourth-order valence-electron chi connectivity index (χ4n) is 3.08. The standard InChI is InChI=1S/C17H22N4O4/c1-12(10-20-6-8-25-9-7-20)18-15(22)11-21-14-5-3-2-4-13(14)16(23)19-17(21)24/h2-5,12H,6-11H2,1H3,(H,18,22)(H,19,23,24). The molecule has 8 heteroatoms. The number of carbonyl (C=O) groups excluding carboxylic acids is 1. The Balaban J connectivity index is 1.69. The molecule has 134 valence electrons. The molecule has 8 nitrogen and oxygen atoms in total. The van der Waals surface area contributed by atoms with Gasteiger partial charge in [0, 0.05) is 25.7 Å². The molecule has 1 amide bonds. The Bertz CT molecular complexity index is 867. The van der Waals surface area contributed by atoms with Gasteiger partial charge in [0.15, 0.2) is 0 Å². The molecule has 1 aromatic carbocycles. The van der Waals surface area contributed by atoms with Crippen molar-refractivity contribution in [3.63, 3.8) is 0 Å². The summed E-state index contributed by atoms with van der Waals surface area (Å²) in [7, 11) is 0. The lowest BCUT2D eigenvalue weighted by Crippen LogP contribution is -2.47. The van der Waals surface area contributed by atoms with Crippen molar-refractivity contribution in [3.8, 4) is 0 Å². The minimum Gasteiger partial charge on any atom is -0.379 e. The first-order valence-corrected chi connectivity index (χ1v) is 8.36. The van der Waals surface area contributed by atoms with Gasteiger partial charge in [0.25, 0.3) is 5.56 Å². The van der Waals surface area contributed by atoms with Gasteiger partial charge in [-0.3, -0.25) is 24.0 Å². The number of nitrogens with zero attached hydrogens (tertiary/aromatic N) is 2. The van der Waals surface area contributed by atoms with Crippen molar-refractivity contribution in [1.82, 2.24) is 19.8 Å². The van der Waals surface area contributed by atoms with Gasteiger partial charge in [0.05, 0.1) is 24.1 Å². The van der Waals surface area contributed by atoms with E-state index in [1.807, 2.05) is 6.92 Å². The maximum Gasteiger partial charge on any atom is 0.329 e. The summed E-state index contributed by atoms with van der Waals surface area (Å²) in [5.74, 6) is -0.264. The van der Waals surface area contributed by atoms with Crippen LogP contribution in [0.2, 0.25) is 0 Å². The lowest BCUT2D eigenvalue weighted by Gasteiger charge is -2.29. The van der Waals surface area contributed by atoms with Crippen LogP contribution in [0, 0.1) is 0 Å². The number of ether oxygens (including phenoxy) is 1. The molecule has 1 atom stereocenters. The van der Waals surface area contributed by atoms with Crippen LogP contribution in [0.1, 0.15) is 6.92 Å². The molecule has 2 N–H and O–H groups in total. The first-order valence-electron chi connectivity index (χ1n) is 8.36. The highest BCUT2D eigenvalue weighted by molar-refractivity contribution is 5.81. The van der Waals surface area contributed by atoms with Gasteiger partial charge >= 0.3 is 5.69 Å². The van der Waals surface area contributed by atoms with Crippen LogP contribution in [-0.2, 0) is 16.1 Å². The number of para-hydroxylation sites is 1. The molecule has 2 aromatic rings. The third kappa shape index (κ3) is 4.15. The highest BCUT2D eigenvalue weighted by atomic mass is 16.5. The number of amides is 1. The van der Waals surface area contributed by atoms with Crippen molar-refractivity contribution in [2.45, 2.75) is 19.5 Å². The average Bonchev–Trinajstić information content (AvgIpc) is 2.59. The van der Waals surface area contributed by atoms with Crippen molar-refractivity contribution < 1.29 is 9.53 Å². The molecule has 0 aliphatic carbocycles. The molecular weight excluding hydrogens is 324 g/mol. The molecule has 0 spiro atoms. The molecule has 25 heavy (non-hydrogen) atoms. The molecule has 1 aliphatic rings. The van der Waals surface area contributed by atoms with Crippen molar-refractivity contribution in [1.29, 1.82) is 0 Å².